The molecule has 136 valence electrons. The smallest absolute Gasteiger partial charge is 0.263 e. The van der Waals surface area contributed by atoms with Gasteiger partial charge in [-0.25, -0.2) is 8.42 Å². The van der Waals surface area contributed by atoms with E-state index in [-0.39, 0.29) is 29.0 Å². The maximum Gasteiger partial charge on any atom is 0.263 e. The number of nitrogens with one attached hydrogen (secondary N) is 3. The van der Waals surface area contributed by atoms with Crippen molar-refractivity contribution in [1.29, 1.82) is 0 Å². The Balaban J connectivity index is 0.00000225. The molecule has 0 aromatic heterocycles. The van der Waals surface area contributed by atoms with E-state index in [0.717, 1.165) is 19.5 Å². The molecule has 0 fully saturated rings. The van der Waals surface area contributed by atoms with Crippen molar-refractivity contribution in [3.8, 4) is 0 Å². The van der Waals surface area contributed by atoms with Crippen LogP contribution in [0.3, 0.4) is 0 Å². The van der Waals surface area contributed by atoms with Gasteiger partial charge in [0.2, 0.25) is 5.91 Å². The summed E-state index contributed by atoms with van der Waals surface area (Å²) in [5.74, 6) is -0.0140. The van der Waals surface area contributed by atoms with Crippen LogP contribution in [0.4, 0.5) is 0 Å². The van der Waals surface area contributed by atoms with Crippen LogP contribution in [0.25, 0.3) is 0 Å². The van der Waals surface area contributed by atoms with Crippen molar-refractivity contribution in [2.24, 2.45) is 4.99 Å². The summed E-state index contributed by atoms with van der Waals surface area (Å²) in [6.07, 6.45) is 2.98. The lowest BCUT2D eigenvalue weighted by atomic mass is 10.1. The first kappa shape index (κ1) is 19.4. The van der Waals surface area contributed by atoms with E-state index in [0.29, 0.717) is 12.1 Å². The second-order valence-electron chi connectivity index (χ2n) is 5.79. The summed E-state index contributed by atoms with van der Waals surface area (Å²) >= 11 is 0. The van der Waals surface area contributed by atoms with E-state index in [9.17, 15) is 13.2 Å². The van der Waals surface area contributed by atoms with Crippen LogP contribution in [0, 0.1) is 0 Å². The predicted octanol–water partition coefficient (Wildman–Crippen LogP) is 0.571. The minimum absolute atomic E-state index is 0. The molecular formula is C16H21ClN4O3S. The van der Waals surface area contributed by atoms with Gasteiger partial charge in [-0.3, -0.25) is 14.5 Å². The number of benzene rings is 1. The summed E-state index contributed by atoms with van der Waals surface area (Å²) in [4.78, 5) is 16.7. The zero-order valence-electron chi connectivity index (χ0n) is 13.8. The van der Waals surface area contributed by atoms with Gasteiger partial charge < -0.3 is 10.6 Å². The van der Waals surface area contributed by atoms with E-state index in [2.05, 4.69) is 26.4 Å². The largest absolute Gasteiger partial charge is 0.351 e. The minimum Gasteiger partial charge on any atom is -0.351 e. The third-order valence-electron chi connectivity index (χ3n) is 4.01. The molecule has 1 unspecified atom stereocenters. The molecule has 0 spiro atoms. The van der Waals surface area contributed by atoms with E-state index in [1.165, 1.54) is 11.6 Å². The second kappa shape index (κ2) is 7.99. The molecule has 1 atom stereocenters. The Labute approximate surface area is 153 Å². The van der Waals surface area contributed by atoms with Gasteiger partial charge in [-0.15, -0.1) is 12.4 Å². The van der Waals surface area contributed by atoms with Crippen molar-refractivity contribution in [1.82, 2.24) is 15.4 Å². The molecule has 0 aliphatic carbocycles. The quantitative estimate of drug-likeness (QED) is 0.661. The summed E-state index contributed by atoms with van der Waals surface area (Å²) in [5.41, 5.74) is 1.69. The van der Waals surface area contributed by atoms with Crippen molar-refractivity contribution in [2.45, 2.75) is 24.3 Å². The minimum atomic E-state index is -3.58. The number of aliphatic imine (C=N–C) groups is 1. The maximum absolute atomic E-state index is 12.2. The summed E-state index contributed by atoms with van der Waals surface area (Å²) in [5, 5.41) is 6.07. The molecule has 2 heterocycles. The average Bonchev–Trinajstić information content (AvgIpc) is 2.84. The summed E-state index contributed by atoms with van der Waals surface area (Å²) < 4.78 is 26.5. The van der Waals surface area contributed by atoms with Gasteiger partial charge in [-0.1, -0.05) is 23.8 Å². The number of sulfonamides is 1. The number of carbonyl (C=O) groups is 1. The Kier molecular flexibility index (Phi) is 6.21. The number of amides is 1. The van der Waals surface area contributed by atoms with Crippen molar-refractivity contribution in [3.63, 3.8) is 0 Å². The Bertz CT molecular complexity index is 820. The molecule has 1 aromatic carbocycles. The first-order chi connectivity index (χ1) is 11.5. The summed E-state index contributed by atoms with van der Waals surface area (Å²) in [6.45, 7) is 3.88. The maximum atomic E-state index is 12.2. The normalized spacial score (nSPS) is 20.7. The van der Waals surface area contributed by atoms with Crippen LogP contribution in [0.5, 0.6) is 0 Å². The second-order valence-corrected chi connectivity index (χ2v) is 7.44. The van der Waals surface area contributed by atoms with Gasteiger partial charge in [0.15, 0.2) is 0 Å². The lowest BCUT2D eigenvalue weighted by Gasteiger charge is -2.15. The number of amidine groups is 1. The summed E-state index contributed by atoms with van der Waals surface area (Å²) in [6, 6.07) is 5.91. The molecule has 0 radical (unpaired) electrons. The van der Waals surface area contributed by atoms with Gasteiger partial charge in [0, 0.05) is 18.7 Å². The Morgan fingerprint density at radius 1 is 1.36 bits per heavy atom. The topological polar surface area (TPSA) is 99.7 Å². The first-order valence-electron chi connectivity index (χ1n) is 7.84. The summed E-state index contributed by atoms with van der Waals surface area (Å²) in [7, 11) is -3.58. The van der Waals surface area contributed by atoms with Gasteiger partial charge in [-0.2, -0.15) is 0 Å². The molecule has 2 aliphatic heterocycles. The molecular weight excluding hydrogens is 364 g/mol. The Hall–Kier alpha value is -1.90. The number of rotatable bonds is 4. The lowest BCUT2D eigenvalue weighted by Crippen LogP contribution is -2.36. The highest BCUT2D eigenvalue weighted by Gasteiger charge is 2.31. The molecule has 25 heavy (non-hydrogen) atoms. The molecule has 0 saturated carbocycles. The molecule has 2 aliphatic rings. The number of hydrogen-bond acceptors (Lipinski definition) is 5. The lowest BCUT2D eigenvalue weighted by molar-refractivity contribution is -0.121. The Morgan fingerprint density at radius 3 is 2.84 bits per heavy atom. The number of fused-ring (bicyclic) bond motifs is 1. The van der Waals surface area contributed by atoms with E-state index in [4.69, 9.17) is 0 Å². The third-order valence-corrected chi connectivity index (χ3v) is 5.41. The van der Waals surface area contributed by atoms with Crippen molar-refractivity contribution >= 4 is 34.2 Å². The Morgan fingerprint density at radius 2 is 2.12 bits per heavy atom. The highest BCUT2D eigenvalue weighted by Crippen LogP contribution is 2.22. The highest BCUT2D eigenvalue weighted by molar-refractivity contribution is 7.90. The van der Waals surface area contributed by atoms with Crippen molar-refractivity contribution < 1.29 is 13.2 Å². The van der Waals surface area contributed by atoms with Crippen LogP contribution in [0.15, 0.2) is 45.8 Å². The average molecular weight is 385 g/mol. The van der Waals surface area contributed by atoms with Gasteiger partial charge in [0.05, 0.1) is 4.90 Å². The van der Waals surface area contributed by atoms with E-state index >= 15 is 0 Å². The van der Waals surface area contributed by atoms with Crippen molar-refractivity contribution in [2.75, 3.05) is 19.6 Å². The van der Waals surface area contributed by atoms with Gasteiger partial charge >= 0.3 is 0 Å². The van der Waals surface area contributed by atoms with Crippen LogP contribution < -0.4 is 15.4 Å². The number of nitrogens with zero attached hydrogens (tertiary/aromatic N) is 1. The molecule has 3 rings (SSSR count). The third kappa shape index (κ3) is 4.39. The molecule has 1 aromatic rings. The van der Waals surface area contributed by atoms with Gasteiger partial charge in [-0.05, 0) is 32.0 Å². The fourth-order valence-electron chi connectivity index (χ4n) is 2.66. The highest BCUT2D eigenvalue weighted by atomic mass is 35.5. The van der Waals surface area contributed by atoms with E-state index < -0.39 is 16.1 Å². The molecule has 3 N–H and O–H groups in total. The molecule has 0 bridgehead atoms. The van der Waals surface area contributed by atoms with Crippen molar-refractivity contribution in [3.05, 3.63) is 41.5 Å². The molecule has 7 nitrogen and oxygen atoms in total. The first-order valence-corrected chi connectivity index (χ1v) is 9.32. The van der Waals surface area contributed by atoms with Gasteiger partial charge in [0.25, 0.3) is 10.0 Å². The molecule has 9 heteroatoms. The molecule has 1 amide bonds. The number of carbonyl (C=O) groups excluding carboxylic acids is 1. The standard InChI is InChI=1S/C16H20N4O3S.ClH/c1-11(16(21)18-10-12-6-8-17-9-7-12)19-15-13-4-2-3-5-14(13)24(22,23)20-15;/h2-6,11,17H,7-10H2,1H3,(H,18,21)(H,19,20);1H. The van der Waals surface area contributed by atoms with Crippen LogP contribution >= 0.6 is 12.4 Å². The van der Waals surface area contributed by atoms with E-state index in [1.807, 2.05) is 0 Å². The zero-order valence-corrected chi connectivity index (χ0v) is 15.4. The fourth-order valence-corrected chi connectivity index (χ4v) is 3.90. The van der Waals surface area contributed by atoms with E-state index in [1.54, 1.807) is 25.1 Å². The van der Waals surface area contributed by atoms with Gasteiger partial charge in [0.1, 0.15) is 11.9 Å². The monoisotopic (exact) mass is 384 g/mol. The van der Waals surface area contributed by atoms with Crippen LogP contribution in [-0.4, -0.2) is 45.8 Å². The van der Waals surface area contributed by atoms with Crippen LogP contribution in [0.2, 0.25) is 0 Å². The molecule has 0 saturated heterocycles. The fraction of sp³-hybridized carbons (Fsp3) is 0.375. The predicted molar refractivity (Wildman–Crippen MR) is 98.6 cm³/mol. The van der Waals surface area contributed by atoms with Crippen LogP contribution in [0.1, 0.15) is 18.9 Å². The number of hydrogen-bond donors (Lipinski definition) is 3. The zero-order chi connectivity index (χ0) is 17.2. The van der Waals surface area contributed by atoms with Crippen LogP contribution in [-0.2, 0) is 14.8 Å². The SMILES string of the molecule is CC(N=C1NS(=O)(=O)c2ccccc21)C(=O)NCC1=CCNCC1.Cl. The number of halogens is 1.